The molecule has 6 nitrogen and oxygen atoms in total. The Kier molecular flexibility index (Phi) is 13.1. The van der Waals surface area contributed by atoms with E-state index in [1.807, 2.05) is 0 Å². The molecule has 0 bridgehead atoms. The molecule has 0 unspecified atom stereocenters. The van der Waals surface area contributed by atoms with Gasteiger partial charge in [-0.25, -0.2) is 9.36 Å². The van der Waals surface area contributed by atoms with Crippen LogP contribution in [0.2, 0.25) is 0 Å². The van der Waals surface area contributed by atoms with Gasteiger partial charge in [0.2, 0.25) is 0 Å². The Bertz CT molecular complexity index is 125. The van der Waals surface area contributed by atoms with Crippen LogP contribution in [0.15, 0.2) is 0 Å². The fraction of sp³-hybridized carbons (Fsp3) is 0. The standard InChI is InChI=1S/CH2O3.Ca.FH2O3P.2H/c2-1(3)4;;1-5(2,3)4;;/h(H2,2,3,4);;(H2,2,3,4);;/q;+2;;2*-1. The first-order chi connectivity index (χ1) is 3.73. The van der Waals surface area contributed by atoms with Gasteiger partial charge in [-0.3, -0.25) is 9.79 Å². The second-order valence-corrected chi connectivity index (χ2v) is 1.70. The molecule has 4 N–H and O–H groups in total. The van der Waals surface area contributed by atoms with E-state index in [-0.39, 0.29) is 40.6 Å². The maximum atomic E-state index is 10.4. The van der Waals surface area contributed by atoms with Crippen LogP contribution in [0.1, 0.15) is 2.85 Å². The van der Waals surface area contributed by atoms with Gasteiger partial charge in [-0.15, -0.1) is 4.20 Å². The summed E-state index contributed by atoms with van der Waals surface area (Å²) in [6, 6.07) is 0. The number of carboxylic acid groups (broad SMARTS) is 2. The molecular weight excluding hydrogens is 198 g/mol. The Morgan fingerprint density at radius 2 is 1.40 bits per heavy atom. The van der Waals surface area contributed by atoms with E-state index in [1.165, 1.54) is 0 Å². The van der Waals surface area contributed by atoms with Crippen LogP contribution in [-0.2, 0) is 4.57 Å². The van der Waals surface area contributed by atoms with Crippen molar-refractivity contribution in [2.24, 2.45) is 0 Å². The normalized spacial score (nSPS) is 8.30. The molecule has 0 saturated heterocycles. The number of hydrogen-bond acceptors (Lipinski definition) is 2. The maximum absolute atomic E-state index is 10.4. The van der Waals surface area contributed by atoms with Gasteiger partial charge < -0.3 is 13.1 Å². The molecular formula is CH6CaFO6P. The van der Waals surface area contributed by atoms with Crippen LogP contribution >= 0.6 is 7.91 Å². The van der Waals surface area contributed by atoms with Crippen molar-refractivity contribution in [2.75, 3.05) is 0 Å². The second kappa shape index (κ2) is 7.71. The SMILES string of the molecule is O=C(O)O.O=P(O)(O)F.[Ca+2].[H-].[H-]. The van der Waals surface area contributed by atoms with E-state index in [0.717, 1.165) is 0 Å². The summed E-state index contributed by atoms with van der Waals surface area (Å²) >= 11 is 0. The molecule has 0 atom stereocenters. The summed E-state index contributed by atoms with van der Waals surface area (Å²) < 4.78 is 19.0. The molecule has 0 amide bonds. The van der Waals surface area contributed by atoms with Crippen molar-refractivity contribution in [3.63, 3.8) is 0 Å². The molecule has 0 heterocycles. The number of hydrogen-bond donors (Lipinski definition) is 4. The zero-order valence-electron chi connectivity index (χ0n) is 6.64. The summed E-state index contributed by atoms with van der Waals surface area (Å²) in [5.41, 5.74) is 0. The minimum Gasteiger partial charge on any atom is -1.00 e. The number of carbonyl (C=O) groups is 1. The summed E-state index contributed by atoms with van der Waals surface area (Å²) in [7, 11) is -5.14. The van der Waals surface area contributed by atoms with E-state index in [2.05, 4.69) is 0 Å². The van der Waals surface area contributed by atoms with Crippen molar-refractivity contribution >= 4 is 51.8 Å². The average molecular weight is 204 g/mol. The minimum atomic E-state index is -5.14. The monoisotopic (exact) mass is 204 g/mol. The van der Waals surface area contributed by atoms with Crippen molar-refractivity contribution < 1.29 is 36.4 Å². The van der Waals surface area contributed by atoms with Gasteiger partial charge in [0, 0.05) is 0 Å². The zero-order valence-corrected chi connectivity index (χ0v) is 7.74. The maximum Gasteiger partial charge on any atom is 2.00 e. The Hall–Kier alpha value is 0.610. The molecule has 0 aliphatic rings. The average Bonchev–Trinajstić information content (AvgIpc) is 1.19. The molecule has 0 saturated carbocycles. The molecule has 0 aliphatic heterocycles. The molecule has 0 aromatic carbocycles. The van der Waals surface area contributed by atoms with Crippen LogP contribution in [0.4, 0.5) is 8.99 Å². The first-order valence-corrected chi connectivity index (χ1v) is 2.91. The minimum absolute atomic E-state index is 0. The Morgan fingerprint density at radius 3 is 1.40 bits per heavy atom. The van der Waals surface area contributed by atoms with Crippen LogP contribution < -0.4 is 0 Å². The Labute approximate surface area is 87.9 Å². The van der Waals surface area contributed by atoms with Gasteiger partial charge in [-0.1, -0.05) is 0 Å². The quantitative estimate of drug-likeness (QED) is 0.329. The number of rotatable bonds is 0. The van der Waals surface area contributed by atoms with Crippen LogP contribution in [-0.4, -0.2) is 63.9 Å². The van der Waals surface area contributed by atoms with E-state index in [1.54, 1.807) is 0 Å². The summed E-state index contributed by atoms with van der Waals surface area (Å²) in [5.74, 6) is 0. The van der Waals surface area contributed by atoms with E-state index in [9.17, 15) is 4.20 Å². The topological polar surface area (TPSA) is 115 Å². The summed E-state index contributed by atoms with van der Waals surface area (Å²) in [4.78, 5) is 22.5. The van der Waals surface area contributed by atoms with E-state index >= 15 is 0 Å². The first kappa shape index (κ1) is 16.9. The zero-order chi connectivity index (χ0) is 8.08. The largest absolute Gasteiger partial charge is 2.00 e. The van der Waals surface area contributed by atoms with Crippen LogP contribution in [0.3, 0.4) is 0 Å². The van der Waals surface area contributed by atoms with Crippen LogP contribution in [0.5, 0.6) is 0 Å². The van der Waals surface area contributed by atoms with Crippen molar-refractivity contribution in [3.8, 4) is 0 Å². The molecule has 0 aliphatic carbocycles. The fourth-order valence-electron chi connectivity index (χ4n) is 0. The molecule has 60 valence electrons. The summed E-state index contributed by atoms with van der Waals surface area (Å²) in [6.07, 6.45) is -1.83. The van der Waals surface area contributed by atoms with E-state index < -0.39 is 14.1 Å². The van der Waals surface area contributed by atoms with Gasteiger partial charge in [0.1, 0.15) is 0 Å². The molecule has 0 fully saturated rings. The summed E-state index contributed by atoms with van der Waals surface area (Å²) in [6.45, 7) is 0. The van der Waals surface area contributed by atoms with Gasteiger partial charge >= 0.3 is 51.8 Å². The van der Waals surface area contributed by atoms with Crippen LogP contribution in [0.25, 0.3) is 0 Å². The smallest absolute Gasteiger partial charge is 1.00 e. The number of halogens is 1. The molecule has 0 aromatic heterocycles. The molecule has 0 aromatic rings. The molecule has 10 heavy (non-hydrogen) atoms. The Morgan fingerprint density at radius 1 is 1.40 bits per heavy atom. The second-order valence-electron chi connectivity index (χ2n) is 0.756. The molecule has 9 heteroatoms. The van der Waals surface area contributed by atoms with Crippen molar-refractivity contribution in [3.05, 3.63) is 0 Å². The third kappa shape index (κ3) is 1340. The Balaban J connectivity index is -0.0000000221. The molecule has 0 rings (SSSR count). The van der Waals surface area contributed by atoms with E-state index in [4.69, 9.17) is 29.4 Å². The van der Waals surface area contributed by atoms with Gasteiger partial charge in [-0.05, 0) is 0 Å². The molecule has 0 spiro atoms. The van der Waals surface area contributed by atoms with Crippen molar-refractivity contribution in [2.45, 2.75) is 0 Å². The fourth-order valence-corrected chi connectivity index (χ4v) is 0. The van der Waals surface area contributed by atoms with Gasteiger partial charge in [0.25, 0.3) is 0 Å². The predicted molar refractivity (Wildman–Crippen MR) is 31.8 cm³/mol. The van der Waals surface area contributed by atoms with Crippen LogP contribution in [0, 0.1) is 0 Å². The van der Waals surface area contributed by atoms with E-state index in [0.29, 0.717) is 0 Å². The van der Waals surface area contributed by atoms with Gasteiger partial charge in [-0.2, -0.15) is 0 Å². The molecule has 0 radical (unpaired) electrons. The van der Waals surface area contributed by atoms with Gasteiger partial charge in [0.05, 0.1) is 0 Å². The van der Waals surface area contributed by atoms with Gasteiger partial charge in [0.15, 0.2) is 0 Å². The first-order valence-electron chi connectivity index (χ1n) is 1.40. The third-order valence-corrected chi connectivity index (χ3v) is 0. The third-order valence-electron chi connectivity index (χ3n) is 0. The summed E-state index contributed by atoms with van der Waals surface area (Å²) in [5, 5.41) is 13.9. The van der Waals surface area contributed by atoms with Crippen molar-refractivity contribution in [1.29, 1.82) is 0 Å². The predicted octanol–water partition coefficient (Wildman–Crippen LogP) is 0.115. The van der Waals surface area contributed by atoms with Crippen molar-refractivity contribution in [1.82, 2.24) is 0 Å².